The molecule has 112 valence electrons. The fraction of sp³-hybridized carbons (Fsp3) is 0.562. The van der Waals surface area contributed by atoms with Crippen molar-refractivity contribution >= 4 is 17.5 Å². The Labute approximate surface area is 127 Å². The molecule has 3 atom stereocenters. The molecule has 1 aromatic rings. The van der Waals surface area contributed by atoms with E-state index in [0.29, 0.717) is 0 Å². The minimum atomic E-state index is -0.249. The van der Waals surface area contributed by atoms with Crippen LogP contribution in [0.1, 0.15) is 52.1 Å². The zero-order valence-corrected chi connectivity index (χ0v) is 13.5. The Morgan fingerprint density at radius 1 is 1.25 bits per heavy atom. The topological polar surface area (TPSA) is 41.1 Å². The number of nitrogens with one attached hydrogen (secondary N) is 2. The molecule has 1 aromatic carbocycles. The Morgan fingerprint density at radius 2 is 1.90 bits per heavy atom. The van der Waals surface area contributed by atoms with Gasteiger partial charge in [0.05, 0.1) is 6.04 Å². The first-order chi connectivity index (χ1) is 9.45. The number of amides is 1. The number of carbonyl (C=O) groups is 1. The first-order valence-electron chi connectivity index (χ1n) is 7.26. The minimum Gasteiger partial charge on any atom is -0.352 e. The highest BCUT2D eigenvalue weighted by Crippen LogP contribution is 2.22. The van der Waals surface area contributed by atoms with Gasteiger partial charge < -0.3 is 5.32 Å². The zero-order chi connectivity index (χ0) is 15.1. The Bertz CT molecular complexity index is 436. The van der Waals surface area contributed by atoms with Crippen LogP contribution in [-0.4, -0.2) is 18.0 Å². The number of hydrogen-bond acceptors (Lipinski definition) is 2. The summed E-state index contributed by atoms with van der Waals surface area (Å²) in [6.07, 6.45) is 2.07. The molecule has 0 spiro atoms. The monoisotopic (exact) mass is 296 g/mol. The maximum absolute atomic E-state index is 12.1. The van der Waals surface area contributed by atoms with Crippen molar-refractivity contribution in [3.63, 3.8) is 0 Å². The average molecular weight is 297 g/mol. The number of halogens is 1. The van der Waals surface area contributed by atoms with E-state index in [1.807, 2.05) is 45.0 Å². The van der Waals surface area contributed by atoms with Gasteiger partial charge in [0.1, 0.15) is 0 Å². The van der Waals surface area contributed by atoms with Crippen LogP contribution in [0.4, 0.5) is 0 Å². The molecule has 4 heteroatoms. The quantitative estimate of drug-likeness (QED) is 0.806. The number of carbonyl (C=O) groups excluding carboxylic acids is 1. The van der Waals surface area contributed by atoms with Crippen molar-refractivity contribution in [2.75, 3.05) is 0 Å². The van der Waals surface area contributed by atoms with E-state index >= 15 is 0 Å². The lowest BCUT2D eigenvalue weighted by atomic mass is 10.1. The van der Waals surface area contributed by atoms with Crippen LogP contribution in [0.15, 0.2) is 24.3 Å². The molecule has 1 amide bonds. The molecule has 0 fully saturated rings. The van der Waals surface area contributed by atoms with Crippen LogP contribution in [-0.2, 0) is 4.79 Å². The molecule has 0 heterocycles. The molecule has 0 saturated heterocycles. The van der Waals surface area contributed by atoms with Crippen LogP contribution in [0, 0.1) is 0 Å². The summed E-state index contributed by atoms with van der Waals surface area (Å²) >= 11 is 6.17. The average Bonchev–Trinajstić information content (AvgIpc) is 2.39. The minimum absolute atomic E-state index is 0.0323. The third-order valence-electron chi connectivity index (χ3n) is 3.38. The smallest absolute Gasteiger partial charge is 0.237 e. The fourth-order valence-electron chi connectivity index (χ4n) is 2.24. The van der Waals surface area contributed by atoms with Crippen molar-refractivity contribution in [3.8, 4) is 0 Å². The van der Waals surface area contributed by atoms with E-state index < -0.39 is 0 Å². The Kier molecular flexibility index (Phi) is 7.03. The van der Waals surface area contributed by atoms with Crippen molar-refractivity contribution in [1.29, 1.82) is 0 Å². The normalized spacial score (nSPS) is 15.4. The van der Waals surface area contributed by atoms with Gasteiger partial charge in [0, 0.05) is 17.1 Å². The summed E-state index contributed by atoms with van der Waals surface area (Å²) < 4.78 is 0. The van der Waals surface area contributed by atoms with Gasteiger partial charge in [-0.2, -0.15) is 0 Å². The summed E-state index contributed by atoms with van der Waals surface area (Å²) in [7, 11) is 0. The maximum Gasteiger partial charge on any atom is 0.237 e. The first-order valence-corrected chi connectivity index (χ1v) is 7.64. The standard InChI is InChI=1S/C16H25ClN2O/c1-5-8-11(2)18-16(20)13(4)19-12(3)14-9-6-7-10-15(14)17/h6-7,9-13,19H,5,8H2,1-4H3,(H,18,20)/t11?,12-,13?/m1/s1. The summed E-state index contributed by atoms with van der Waals surface area (Å²) in [6.45, 7) is 8.04. The summed E-state index contributed by atoms with van der Waals surface area (Å²) in [5.74, 6) is 0.0323. The molecule has 0 aromatic heterocycles. The molecule has 2 unspecified atom stereocenters. The second kappa shape index (κ2) is 8.28. The second-order valence-electron chi connectivity index (χ2n) is 5.33. The van der Waals surface area contributed by atoms with Gasteiger partial charge in [-0.15, -0.1) is 0 Å². The Hall–Kier alpha value is -1.06. The predicted molar refractivity (Wildman–Crippen MR) is 85.0 cm³/mol. The van der Waals surface area contributed by atoms with Gasteiger partial charge in [0.25, 0.3) is 0 Å². The lowest BCUT2D eigenvalue weighted by Gasteiger charge is -2.22. The van der Waals surface area contributed by atoms with Crippen molar-refractivity contribution < 1.29 is 4.79 Å². The van der Waals surface area contributed by atoms with E-state index in [1.54, 1.807) is 0 Å². The molecular weight excluding hydrogens is 272 g/mol. The molecule has 20 heavy (non-hydrogen) atoms. The van der Waals surface area contributed by atoms with Crippen molar-refractivity contribution in [2.45, 2.75) is 58.7 Å². The largest absolute Gasteiger partial charge is 0.352 e. The molecule has 0 aliphatic carbocycles. The van der Waals surface area contributed by atoms with Crippen LogP contribution in [0.25, 0.3) is 0 Å². The van der Waals surface area contributed by atoms with Gasteiger partial charge in [-0.25, -0.2) is 0 Å². The molecule has 0 saturated carbocycles. The molecule has 0 bridgehead atoms. The van der Waals surface area contributed by atoms with Gasteiger partial charge in [-0.1, -0.05) is 43.1 Å². The van der Waals surface area contributed by atoms with Crippen LogP contribution >= 0.6 is 11.6 Å². The molecule has 3 nitrogen and oxygen atoms in total. The number of benzene rings is 1. The SMILES string of the molecule is CCCC(C)NC(=O)C(C)N[C@H](C)c1ccccc1Cl. The Morgan fingerprint density at radius 3 is 2.50 bits per heavy atom. The molecule has 0 radical (unpaired) electrons. The van der Waals surface area contributed by atoms with Gasteiger partial charge >= 0.3 is 0 Å². The first kappa shape index (κ1) is 17.0. The van der Waals surface area contributed by atoms with E-state index in [1.165, 1.54) is 0 Å². The van der Waals surface area contributed by atoms with E-state index in [9.17, 15) is 4.79 Å². The molecular formula is C16H25ClN2O. The van der Waals surface area contributed by atoms with Crippen molar-refractivity contribution in [1.82, 2.24) is 10.6 Å². The molecule has 1 rings (SSSR count). The lowest BCUT2D eigenvalue weighted by molar-refractivity contribution is -0.123. The van der Waals surface area contributed by atoms with E-state index in [-0.39, 0.29) is 24.0 Å². The fourth-order valence-corrected chi connectivity index (χ4v) is 2.54. The third kappa shape index (κ3) is 5.14. The van der Waals surface area contributed by atoms with Crippen molar-refractivity contribution in [2.24, 2.45) is 0 Å². The van der Waals surface area contributed by atoms with E-state index in [0.717, 1.165) is 23.4 Å². The van der Waals surface area contributed by atoms with Gasteiger partial charge in [0.2, 0.25) is 5.91 Å². The van der Waals surface area contributed by atoms with Crippen LogP contribution < -0.4 is 10.6 Å². The van der Waals surface area contributed by atoms with Crippen molar-refractivity contribution in [3.05, 3.63) is 34.9 Å². The molecule has 2 N–H and O–H groups in total. The number of hydrogen-bond donors (Lipinski definition) is 2. The summed E-state index contributed by atoms with van der Waals surface area (Å²) in [5.41, 5.74) is 1.01. The van der Waals surface area contributed by atoms with Crippen LogP contribution in [0.3, 0.4) is 0 Å². The Balaban J connectivity index is 2.55. The van der Waals surface area contributed by atoms with Gasteiger partial charge in [-0.3, -0.25) is 10.1 Å². The summed E-state index contributed by atoms with van der Waals surface area (Å²) in [6, 6.07) is 7.70. The van der Waals surface area contributed by atoms with Gasteiger partial charge in [0.15, 0.2) is 0 Å². The third-order valence-corrected chi connectivity index (χ3v) is 3.72. The highest BCUT2D eigenvalue weighted by molar-refractivity contribution is 6.31. The van der Waals surface area contributed by atoms with Crippen LogP contribution in [0.2, 0.25) is 5.02 Å². The van der Waals surface area contributed by atoms with E-state index in [2.05, 4.69) is 17.6 Å². The lowest BCUT2D eigenvalue weighted by Crippen LogP contribution is -2.46. The highest BCUT2D eigenvalue weighted by atomic mass is 35.5. The second-order valence-corrected chi connectivity index (χ2v) is 5.74. The predicted octanol–water partition coefficient (Wildman–Crippen LogP) is 3.68. The summed E-state index contributed by atoms with van der Waals surface area (Å²) in [5, 5.41) is 7.03. The zero-order valence-electron chi connectivity index (χ0n) is 12.7. The highest BCUT2D eigenvalue weighted by Gasteiger charge is 2.18. The van der Waals surface area contributed by atoms with Crippen LogP contribution in [0.5, 0.6) is 0 Å². The van der Waals surface area contributed by atoms with Gasteiger partial charge in [-0.05, 0) is 38.8 Å². The maximum atomic E-state index is 12.1. The molecule has 0 aliphatic rings. The van der Waals surface area contributed by atoms with E-state index in [4.69, 9.17) is 11.6 Å². The number of rotatable bonds is 7. The summed E-state index contributed by atoms with van der Waals surface area (Å²) in [4.78, 5) is 12.1. The molecule has 0 aliphatic heterocycles.